The number of amides is 2. The van der Waals surface area contributed by atoms with Crippen molar-refractivity contribution in [1.82, 2.24) is 15.1 Å². The number of pyridine rings is 1. The molecule has 2 N–H and O–H groups in total. The van der Waals surface area contributed by atoms with Crippen LogP contribution >= 0.6 is 11.3 Å². The zero-order chi connectivity index (χ0) is 37.2. The van der Waals surface area contributed by atoms with Crippen LogP contribution in [0.2, 0.25) is 0 Å². The van der Waals surface area contributed by atoms with Gasteiger partial charge in [0.25, 0.3) is 0 Å². The molecular formula is C31H36F3N5O7S3. The van der Waals surface area contributed by atoms with E-state index in [0.717, 1.165) is 17.0 Å². The highest BCUT2D eigenvalue weighted by Crippen LogP contribution is 2.33. The molecule has 3 heterocycles. The second-order valence-electron chi connectivity index (χ2n) is 12.7. The Hall–Kier alpha value is -4.16. The van der Waals surface area contributed by atoms with Gasteiger partial charge in [0, 0.05) is 28.8 Å². The second-order valence-corrected chi connectivity index (χ2v) is 18.9. The van der Waals surface area contributed by atoms with Crippen molar-refractivity contribution in [2.24, 2.45) is 0 Å². The molecule has 3 aromatic heterocycles. The number of rotatable bonds is 8. The number of alkyl halides is 3. The summed E-state index contributed by atoms with van der Waals surface area (Å²) >= 11 is 1.18. The monoisotopic (exact) mass is 743 g/mol. The number of nitrogens with zero attached hydrogens (tertiary/aromatic N) is 3. The molecule has 1 aromatic carbocycles. The Balaban J connectivity index is 0.000000266. The maximum absolute atomic E-state index is 12.7. The maximum Gasteiger partial charge on any atom is 0.416 e. The second kappa shape index (κ2) is 14.0. The summed E-state index contributed by atoms with van der Waals surface area (Å²) in [5, 5.41) is 8.79. The van der Waals surface area contributed by atoms with Gasteiger partial charge in [-0.1, -0.05) is 32.0 Å². The standard InChI is InChI=1S/C16H21N3O4S.C15H15F3N2O3S2/c1-15(2,3)11-10-12(19-23-11)18-14(20)16(4,5)24(21,22)13-8-6-7-9-17-13;1-9-8-19-13(24-9)20-12(21)14(2,3)25(22,23)11-6-4-10(5-7-11)15(16,17)18/h6-10H,1-5H3,(H,18,19,20);4-8H,1-3H3,(H,19,20,21). The smallest absolute Gasteiger partial charge is 0.359 e. The zero-order valence-corrected chi connectivity index (χ0v) is 30.3. The minimum absolute atomic E-state index is 0.152. The first kappa shape index (κ1) is 39.3. The van der Waals surface area contributed by atoms with Crippen LogP contribution in [0, 0.1) is 6.92 Å². The lowest BCUT2D eigenvalue weighted by Crippen LogP contribution is -2.44. The minimum atomic E-state index is -4.57. The van der Waals surface area contributed by atoms with Gasteiger partial charge in [-0.05, 0) is 71.0 Å². The van der Waals surface area contributed by atoms with Crippen LogP contribution in [0.25, 0.3) is 0 Å². The Bertz CT molecular complexity index is 2020. The number of thiazole rings is 1. The predicted octanol–water partition coefficient (Wildman–Crippen LogP) is 6.22. The van der Waals surface area contributed by atoms with Crippen molar-refractivity contribution in [2.45, 2.75) is 86.4 Å². The number of nitrogens with one attached hydrogen (secondary N) is 2. The van der Waals surface area contributed by atoms with E-state index in [2.05, 4.69) is 25.8 Å². The third-order valence-corrected chi connectivity index (χ3v) is 12.7. The van der Waals surface area contributed by atoms with Crippen LogP contribution in [0.5, 0.6) is 0 Å². The first-order valence-electron chi connectivity index (χ1n) is 14.4. The average molecular weight is 744 g/mol. The van der Waals surface area contributed by atoms with Crippen LogP contribution in [-0.4, -0.2) is 53.3 Å². The first-order valence-corrected chi connectivity index (χ1v) is 18.2. The zero-order valence-electron chi connectivity index (χ0n) is 27.8. The van der Waals surface area contributed by atoms with Gasteiger partial charge in [-0.15, -0.1) is 11.3 Å². The number of sulfone groups is 2. The lowest BCUT2D eigenvalue weighted by atomic mass is 9.93. The number of hydrogen-bond donors (Lipinski definition) is 2. The third kappa shape index (κ3) is 8.72. The van der Waals surface area contributed by atoms with Gasteiger partial charge in [-0.3, -0.25) is 9.59 Å². The van der Waals surface area contributed by atoms with E-state index in [-0.39, 0.29) is 26.3 Å². The Labute approximate surface area is 286 Å². The molecule has 0 aliphatic carbocycles. The average Bonchev–Trinajstić information content (AvgIpc) is 3.66. The summed E-state index contributed by atoms with van der Waals surface area (Å²) in [7, 11) is -8.18. The molecule has 49 heavy (non-hydrogen) atoms. The van der Waals surface area contributed by atoms with Gasteiger partial charge >= 0.3 is 6.18 Å². The Morgan fingerprint density at radius 3 is 1.84 bits per heavy atom. The van der Waals surface area contributed by atoms with Gasteiger partial charge in [0.15, 0.2) is 30.6 Å². The normalized spacial score (nSPS) is 12.9. The molecule has 0 bridgehead atoms. The SMILES string of the molecule is CC(C)(C)c1cc(NC(=O)C(C)(C)S(=O)(=O)c2ccccn2)no1.Cc1cnc(NC(=O)C(C)(C)S(=O)(=O)c2ccc(C(F)(F)F)cc2)s1. The lowest BCUT2D eigenvalue weighted by molar-refractivity contribution is -0.137. The molecule has 0 fully saturated rings. The minimum Gasteiger partial charge on any atom is -0.359 e. The van der Waals surface area contributed by atoms with Crippen LogP contribution in [0.1, 0.15) is 64.7 Å². The predicted molar refractivity (Wildman–Crippen MR) is 178 cm³/mol. The highest BCUT2D eigenvalue weighted by Gasteiger charge is 2.45. The topological polar surface area (TPSA) is 178 Å². The summed E-state index contributed by atoms with van der Waals surface area (Å²) in [6.45, 7) is 12.6. The largest absolute Gasteiger partial charge is 0.416 e. The van der Waals surface area contributed by atoms with Crippen molar-refractivity contribution in [2.75, 3.05) is 10.6 Å². The Morgan fingerprint density at radius 1 is 0.796 bits per heavy atom. The van der Waals surface area contributed by atoms with E-state index in [0.29, 0.717) is 17.9 Å². The van der Waals surface area contributed by atoms with Crippen LogP contribution in [0.15, 0.2) is 75.4 Å². The highest BCUT2D eigenvalue weighted by molar-refractivity contribution is 7.93. The molecule has 0 atom stereocenters. The number of hydrogen-bond acceptors (Lipinski definition) is 11. The van der Waals surface area contributed by atoms with Crippen LogP contribution in [0.3, 0.4) is 0 Å². The van der Waals surface area contributed by atoms with Gasteiger partial charge in [0.05, 0.1) is 10.5 Å². The maximum atomic E-state index is 12.7. The quantitative estimate of drug-likeness (QED) is 0.211. The molecule has 4 aromatic rings. The summed E-state index contributed by atoms with van der Waals surface area (Å²) < 4.78 is 90.1. The summed E-state index contributed by atoms with van der Waals surface area (Å²) in [5.74, 6) is -0.763. The molecule has 0 saturated heterocycles. The number of aryl methyl sites for hydroxylation is 1. The molecular weight excluding hydrogens is 708 g/mol. The summed E-state index contributed by atoms with van der Waals surface area (Å²) in [6.07, 6.45) is -1.68. The van der Waals surface area contributed by atoms with E-state index >= 15 is 0 Å². The third-order valence-electron chi connectivity index (χ3n) is 7.18. The van der Waals surface area contributed by atoms with E-state index in [1.807, 2.05) is 20.8 Å². The van der Waals surface area contributed by atoms with E-state index in [1.165, 1.54) is 57.5 Å². The fourth-order valence-electron chi connectivity index (χ4n) is 3.74. The first-order chi connectivity index (χ1) is 22.3. The van der Waals surface area contributed by atoms with E-state index in [9.17, 15) is 39.6 Å². The molecule has 0 saturated carbocycles. The number of carbonyl (C=O) groups excluding carboxylic acids is 2. The van der Waals surface area contributed by atoms with E-state index < -0.39 is 52.7 Å². The summed E-state index contributed by atoms with van der Waals surface area (Å²) in [6, 6.07) is 9.15. The summed E-state index contributed by atoms with van der Waals surface area (Å²) in [4.78, 5) is 33.1. The van der Waals surface area contributed by atoms with E-state index in [1.54, 1.807) is 25.1 Å². The van der Waals surface area contributed by atoms with Crippen molar-refractivity contribution >= 4 is 53.8 Å². The van der Waals surface area contributed by atoms with Gasteiger partial charge in [-0.25, -0.2) is 26.8 Å². The Morgan fingerprint density at radius 2 is 1.37 bits per heavy atom. The van der Waals surface area contributed by atoms with Crippen molar-refractivity contribution in [3.05, 3.63) is 77.1 Å². The highest BCUT2D eigenvalue weighted by atomic mass is 32.2. The van der Waals surface area contributed by atoms with Crippen molar-refractivity contribution in [3.8, 4) is 0 Å². The fraction of sp³-hybridized carbons (Fsp3) is 0.387. The molecule has 0 radical (unpaired) electrons. The molecule has 18 heteroatoms. The Kier molecular flexibility index (Phi) is 11.2. The van der Waals surface area contributed by atoms with Crippen LogP contribution in [0.4, 0.5) is 24.1 Å². The number of carbonyl (C=O) groups is 2. The lowest BCUT2D eigenvalue weighted by Gasteiger charge is -2.23. The number of benzene rings is 1. The van der Waals surface area contributed by atoms with Gasteiger partial charge < -0.3 is 15.2 Å². The van der Waals surface area contributed by atoms with Crippen molar-refractivity contribution < 1.29 is 44.1 Å². The number of anilines is 2. The molecule has 0 spiro atoms. The molecule has 266 valence electrons. The number of aromatic nitrogens is 3. The van der Waals surface area contributed by atoms with Crippen LogP contribution in [-0.2, 0) is 40.9 Å². The number of halogens is 3. The van der Waals surface area contributed by atoms with Crippen molar-refractivity contribution in [1.29, 1.82) is 0 Å². The fourth-order valence-corrected chi connectivity index (χ4v) is 7.06. The van der Waals surface area contributed by atoms with Gasteiger partial charge in [0.1, 0.15) is 10.5 Å². The molecule has 4 rings (SSSR count). The molecule has 0 aliphatic rings. The molecule has 2 amide bonds. The van der Waals surface area contributed by atoms with E-state index in [4.69, 9.17) is 4.52 Å². The van der Waals surface area contributed by atoms with Gasteiger partial charge in [-0.2, -0.15) is 13.2 Å². The van der Waals surface area contributed by atoms with Crippen molar-refractivity contribution in [3.63, 3.8) is 0 Å². The van der Waals surface area contributed by atoms with Gasteiger partial charge in [0.2, 0.25) is 21.7 Å². The summed E-state index contributed by atoms with van der Waals surface area (Å²) in [5.41, 5.74) is -1.24. The van der Waals surface area contributed by atoms with Crippen LogP contribution < -0.4 is 10.6 Å². The molecule has 0 unspecified atom stereocenters. The molecule has 12 nitrogen and oxygen atoms in total. The molecule has 0 aliphatic heterocycles.